The standard InChI is InChI=1S/C27H26ClF3N2O8S.C26H27ClN2O7S2.C20H24N2O7S2.C19H21BrN2O7S2/c28-22-7-1-17(27(29,30)31)15-21(22)23-8-4-19(41-23)16-24(34)32-11-14-40-18-2-5-20(6-3-18)42(37,38)26(25(35)33-36)9-12-39-13-10-26;27-19-3-1-18(2-4-19)23-10-7-21(37-23)17-24(30)28-13-16-36-20-5-8-22(9-6-20)38(33,34)26(25(31)29-32)11-14-35-15-12-26;23-18(14-16-2-1-13-30-16)21-9-12-29-15-3-5-17(6-4-15)31(26,27)20(19(24)22-25)7-10-28-11-8-20;20-16-6-5-15(30-16)17(23)21-9-12-29-13-1-3-14(4-2-13)31(26,27)19(18(24)22-25)7-10-28-11-8-19/h1-8,15,36H,9-14,16H2,(H,32,34)(H,33,35);1-10,32H,11-17H2,(H,28,30)(H,29,31);1-6,13,25H,7-12,14H2,(H,21,23)(H,22,24);1-6,25H,7-12H2,(H,21,23)(H,22,24). The van der Waals surface area contributed by atoms with Crippen molar-refractivity contribution < 1.29 is 148 Å². The number of carbonyl (C=O) groups is 8. The summed E-state index contributed by atoms with van der Waals surface area (Å²) < 4.78 is 187. The number of hydroxylamine groups is 4. The van der Waals surface area contributed by atoms with Gasteiger partial charge in [0.25, 0.3) is 29.5 Å². The predicted octanol–water partition coefficient (Wildman–Crippen LogP) is 11.3. The van der Waals surface area contributed by atoms with Crippen molar-refractivity contribution in [2.24, 2.45) is 0 Å². The Morgan fingerprint density at radius 3 is 1.11 bits per heavy atom. The molecule has 14 rings (SSSR count). The number of nitrogens with one attached hydrogen (secondary N) is 8. The number of hydrogen-bond acceptors (Lipinski definition) is 32. The molecule has 0 atom stereocenters. The molecule has 4 fully saturated rings. The van der Waals surface area contributed by atoms with Crippen molar-refractivity contribution in [2.45, 2.75) is 115 Å². The van der Waals surface area contributed by atoms with Crippen LogP contribution in [0, 0.1) is 0 Å². The third kappa shape index (κ3) is 27.7. The minimum absolute atomic E-state index is 0.0370. The van der Waals surface area contributed by atoms with Crippen molar-refractivity contribution in [3.63, 3.8) is 0 Å². The van der Waals surface area contributed by atoms with Gasteiger partial charge >= 0.3 is 6.18 Å². The van der Waals surface area contributed by atoms with Crippen LogP contribution >= 0.6 is 73.1 Å². The van der Waals surface area contributed by atoms with Crippen LogP contribution in [0.3, 0.4) is 0 Å². The van der Waals surface area contributed by atoms with Gasteiger partial charge in [-0.15, -0.1) is 34.0 Å². The number of furan rings is 1. The van der Waals surface area contributed by atoms with Gasteiger partial charge in [0.15, 0.2) is 58.3 Å². The van der Waals surface area contributed by atoms with E-state index in [1.807, 2.05) is 53.9 Å². The molecule has 10 aromatic rings. The van der Waals surface area contributed by atoms with Crippen molar-refractivity contribution in [1.82, 2.24) is 43.2 Å². The number of carbonyl (C=O) groups excluding carboxylic acids is 8. The lowest BCUT2D eigenvalue weighted by atomic mass is 9.98. The van der Waals surface area contributed by atoms with Crippen molar-refractivity contribution in [3.8, 4) is 44.8 Å². The lowest BCUT2D eigenvalue weighted by molar-refractivity contribution is -0.138. The number of amides is 8. The van der Waals surface area contributed by atoms with E-state index in [1.54, 1.807) is 23.5 Å². The van der Waals surface area contributed by atoms with E-state index >= 15 is 0 Å². The highest BCUT2D eigenvalue weighted by atomic mass is 79.9. The average Bonchev–Trinajstić information content (AvgIpc) is 0.906. The minimum Gasteiger partial charge on any atom is -0.492 e. The zero-order valence-corrected chi connectivity index (χ0v) is 84.0. The highest BCUT2D eigenvalue weighted by Gasteiger charge is 2.56. The molecule has 37 nitrogen and oxygen atoms in total. The molecule has 4 aliphatic rings. The molecule has 4 aromatic heterocycles. The van der Waals surface area contributed by atoms with Crippen molar-refractivity contribution in [2.75, 3.05) is 105 Å². The molecule has 50 heteroatoms. The summed E-state index contributed by atoms with van der Waals surface area (Å²) in [6.07, 6.45) is -4.73. The van der Waals surface area contributed by atoms with E-state index in [2.05, 4.69) is 37.2 Å². The Morgan fingerprint density at radius 2 is 0.768 bits per heavy atom. The lowest BCUT2D eigenvalue weighted by Crippen LogP contribution is -2.54. The van der Waals surface area contributed by atoms with Crippen LogP contribution in [0.4, 0.5) is 13.2 Å². The first-order valence-corrected chi connectivity index (χ1v) is 53.5. The Kier molecular flexibility index (Phi) is 40.0. The smallest absolute Gasteiger partial charge is 0.416 e. The topological polar surface area (TPSA) is 537 Å². The molecule has 142 heavy (non-hydrogen) atoms. The van der Waals surface area contributed by atoms with Gasteiger partial charge in [0.2, 0.25) is 17.7 Å². The van der Waals surface area contributed by atoms with Crippen LogP contribution < -0.4 is 62.1 Å². The zero-order chi connectivity index (χ0) is 103. The Morgan fingerprint density at radius 1 is 0.408 bits per heavy atom. The van der Waals surface area contributed by atoms with Crippen molar-refractivity contribution in [1.29, 1.82) is 0 Å². The van der Waals surface area contributed by atoms with Crippen LogP contribution in [0.15, 0.2) is 221 Å². The Labute approximate surface area is 843 Å². The summed E-state index contributed by atoms with van der Waals surface area (Å²) >= 11 is 19.7. The maximum absolute atomic E-state index is 13.3. The molecule has 0 unspecified atom stereocenters. The maximum Gasteiger partial charge on any atom is 0.416 e. The largest absolute Gasteiger partial charge is 0.492 e. The van der Waals surface area contributed by atoms with Crippen LogP contribution in [-0.4, -0.2) is 226 Å². The molecule has 0 spiro atoms. The predicted molar refractivity (Wildman–Crippen MR) is 515 cm³/mol. The second-order valence-corrected chi connectivity index (χ2v) is 46.3. The molecule has 4 aliphatic heterocycles. The van der Waals surface area contributed by atoms with Crippen LogP contribution in [0.2, 0.25) is 10.0 Å². The number of halogens is 6. The lowest BCUT2D eigenvalue weighted by Gasteiger charge is -2.34. The minimum atomic E-state index is -4.55. The second kappa shape index (κ2) is 51.0. The summed E-state index contributed by atoms with van der Waals surface area (Å²) in [7, 11) is -16.4. The summed E-state index contributed by atoms with van der Waals surface area (Å²) in [5.74, 6) is -2.93. The van der Waals surface area contributed by atoms with Crippen LogP contribution in [0.5, 0.6) is 23.0 Å². The fourth-order valence-electron chi connectivity index (χ4n) is 15.2. The first-order chi connectivity index (χ1) is 67.8. The Balaban J connectivity index is 0.000000182. The van der Waals surface area contributed by atoms with E-state index in [9.17, 15) is 85.2 Å². The quantitative estimate of drug-likeness (QED) is 0.00977. The molecule has 0 bridgehead atoms. The van der Waals surface area contributed by atoms with Gasteiger partial charge in [-0.1, -0.05) is 41.4 Å². The number of ether oxygens (including phenoxy) is 8. The number of thiophene rings is 3. The zero-order valence-electron chi connectivity index (χ0n) is 75.2. The van der Waals surface area contributed by atoms with E-state index in [-0.39, 0.29) is 223 Å². The number of alkyl halides is 3. The van der Waals surface area contributed by atoms with Gasteiger partial charge in [-0.05, 0) is 248 Å². The summed E-state index contributed by atoms with van der Waals surface area (Å²) in [6.45, 7) is 2.26. The van der Waals surface area contributed by atoms with E-state index < -0.39 is 99.6 Å². The van der Waals surface area contributed by atoms with Crippen LogP contribution in [0.25, 0.3) is 21.8 Å². The molecule has 6 aromatic carbocycles. The van der Waals surface area contributed by atoms with E-state index in [4.69, 9.17) is 86.3 Å². The molecule has 8 amide bonds. The van der Waals surface area contributed by atoms with E-state index in [0.717, 1.165) is 42.2 Å². The molecule has 764 valence electrons. The third-order valence-electron chi connectivity index (χ3n) is 23.0. The van der Waals surface area contributed by atoms with E-state index in [1.165, 1.54) is 154 Å². The molecule has 0 saturated carbocycles. The summed E-state index contributed by atoms with van der Waals surface area (Å²) in [5.41, 5.74) is 6.13. The third-order valence-corrected chi connectivity index (χ3v) is 37.3. The molecular formula is C92H98BrCl2F3N8O29S7. The number of hydrogen-bond donors (Lipinski definition) is 12. The van der Waals surface area contributed by atoms with Gasteiger partial charge in [0.05, 0.1) is 84.3 Å². The number of benzene rings is 6. The van der Waals surface area contributed by atoms with Gasteiger partial charge in [0, 0.05) is 78.1 Å². The van der Waals surface area contributed by atoms with Gasteiger partial charge in [-0.3, -0.25) is 59.2 Å². The maximum atomic E-state index is 13.3. The van der Waals surface area contributed by atoms with Gasteiger partial charge in [-0.25, -0.2) is 55.6 Å². The van der Waals surface area contributed by atoms with E-state index in [0.29, 0.717) is 45.9 Å². The van der Waals surface area contributed by atoms with Crippen LogP contribution in [0.1, 0.15) is 82.1 Å². The molecule has 8 heterocycles. The second-order valence-electron chi connectivity index (χ2n) is 31.7. The monoisotopic (exact) mass is 2210 g/mol. The molecule has 12 N–H and O–H groups in total. The summed E-state index contributed by atoms with van der Waals surface area (Å²) in [5, 5.41) is 50.0. The fourth-order valence-corrected chi connectivity index (χ4v) is 26.3. The van der Waals surface area contributed by atoms with Gasteiger partial charge in [-0.2, -0.15) is 13.2 Å². The summed E-state index contributed by atoms with van der Waals surface area (Å²) in [4.78, 5) is 101. The fraction of sp³-hybridized carbons (Fsp3) is 0.348. The summed E-state index contributed by atoms with van der Waals surface area (Å²) in [6, 6.07) is 46.9. The molecule has 0 radical (unpaired) electrons. The molecule has 4 saturated heterocycles. The van der Waals surface area contributed by atoms with Crippen LogP contribution in [-0.2, 0) is 117 Å². The Hall–Kier alpha value is -11.0. The van der Waals surface area contributed by atoms with Gasteiger partial charge in [0.1, 0.15) is 60.9 Å². The van der Waals surface area contributed by atoms with Crippen molar-refractivity contribution in [3.05, 3.63) is 233 Å². The molecule has 0 aliphatic carbocycles. The van der Waals surface area contributed by atoms with Gasteiger partial charge < -0.3 is 63.6 Å². The highest BCUT2D eigenvalue weighted by Crippen LogP contribution is 2.43. The first kappa shape index (κ1) is 111. The Bertz CT molecular complexity index is 6470. The normalized spacial score (nSPS) is 15.4. The van der Waals surface area contributed by atoms with Crippen molar-refractivity contribution >= 4 is 160 Å². The number of rotatable bonds is 37. The molecular weight excluding hydrogens is 2110 g/mol. The first-order valence-electron chi connectivity index (χ1n) is 43.5. The SMILES string of the molecule is O=C(Cc1ccc(-c2cc(C(F)(F)F)ccc2Cl)o1)NCCOc1ccc(S(=O)(=O)C2(C(=O)NO)CCOCC2)cc1.O=C(Cc1ccc(-c2ccc(Cl)cc2)s1)NCCOc1ccc(S(=O)(=O)C2(C(=O)NO)CCOCC2)cc1.O=C(Cc1cccs1)NCCOc1ccc(S(=O)(=O)C2(C(=O)NO)CCOCC2)cc1.O=C(NCCOc1ccc(S(=O)(=O)C2(C(=O)NO)CCOCC2)cc1)c1ccc(Br)s1. The number of sulfone groups is 4. The highest BCUT2D eigenvalue weighted by molar-refractivity contribution is 9.11. The average molecular weight is 2210 g/mol.